The number of hydrogen-bond donors (Lipinski definition) is 0. The van der Waals surface area contributed by atoms with Gasteiger partial charge >= 0.3 is 0 Å². The Hall–Kier alpha value is -1.88. The van der Waals surface area contributed by atoms with E-state index in [1.165, 1.54) is 5.56 Å². The minimum absolute atomic E-state index is 0.219. The highest BCUT2D eigenvalue weighted by molar-refractivity contribution is 5.94. The van der Waals surface area contributed by atoms with Crippen molar-refractivity contribution >= 4 is 17.5 Å². The second kappa shape index (κ2) is 8.48. The second-order valence-corrected chi connectivity index (χ2v) is 7.00. The number of fused-ring (bicyclic) bond motifs is 1. The van der Waals surface area contributed by atoms with E-state index in [9.17, 15) is 9.59 Å². The Morgan fingerprint density at radius 1 is 0.960 bits per heavy atom. The Balaban J connectivity index is 1.47. The van der Waals surface area contributed by atoms with E-state index in [-0.39, 0.29) is 11.8 Å². The summed E-state index contributed by atoms with van der Waals surface area (Å²) in [5, 5.41) is 0. The topological polar surface area (TPSA) is 43.9 Å². The third-order valence-corrected chi connectivity index (χ3v) is 5.24. The van der Waals surface area contributed by atoms with Gasteiger partial charge in [-0.05, 0) is 30.9 Å². The summed E-state index contributed by atoms with van der Waals surface area (Å²) in [6.45, 7) is 6.98. The third kappa shape index (κ3) is 4.40. The van der Waals surface area contributed by atoms with E-state index >= 15 is 0 Å². The fourth-order valence-electron chi connectivity index (χ4n) is 3.77. The van der Waals surface area contributed by atoms with Crippen LogP contribution in [-0.4, -0.2) is 60.9 Å². The minimum Gasteiger partial charge on any atom is -0.340 e. The molecule has 2 heterocycles. The van der Waals surface area contributed by atoms with Crippen molar-refractivity contribution in [1.82, 2.24) is 9.80 Å². The van der Waals surface area contributed by atoms with E-state index in [0.717, 1.165) is 64.2 Å². The van der Waals surface area contributed by atoms with Crippen LogP contribution in [-0.2, 0) is 16.0 Å². The molecule has 5 heteroatoms. The average molecular weight is 343 g/mol. The molecule has 1 aromatic rings. The van der Waals surface area contributed by atoms with Gasteiger partial charge in [0.2, 0.25) is 11.8 Å². The van der Waals surface area contributed by atoms with Gasteiger partial charge < -0.3 is 9.80 Å². The van der Waals surface area contributed by atoms with Crippen molar-refractivity contribution in [3.8, 4) is 0 Å². The smallest absolute Gasteiger partial charge is 0.228 e. The highest BCUT2D eigenvalue weighted by atomic mass is 16.2. The van der Waals surface area contributed by atoms with Crippen molar-refractivity contribution in [3.63, 3.8) is 0 Å². The van der Waals surface area contributed by atoms with Crippen LogP contribution in [0.15, 0.2) is 24.3 Å². The molecule has 0 aliphatic carbocycles. The van der Waals surface area contributed by atoms with E-state index in [2.05, 4.69) is 17.0 Å². The summed E-state index contributed by atoms with van der Waals surface area (Å²) < 4.78 is 0. The first kappa shape index (κ1) is 17.9. The molecule has 3 rings (SSSR count). The molecule has 5 nitrogen and oxygen atoms in total. The zero-order chi connectivity index (χ0) is 17.6. The summed E-state index contributed by atoms with van der Waals surface area (Å²) >= 11 is 0. The molecule has 2 amide bonds. The lowest BCUT2D eigenvalue weighted by Gasteiger charge is -2.35. The van der Waals surface area contributed by atoms with Crippen LogP contribution < -0.4 is 4.90 Å². The molecule has 0 atom stereocenters. The highest BCUT2D eigenvalue weighted by Gasteiger charge is 2.24. The Morgan fingerprint density at radius 3 is 2.48 bits per heavy atom. The molecular weight excluding hydrogens is 314 g/mol. The Bertz CT molecular complexity index is 609. The summed E-state index contributed by atoms with van der Waals surface area (Å²) in [6.07, 6.45) is 4.21. The van der Waals surface area contributed by atoms with Crippen molar-refractivity contribution in [2.45, 2.75) is 39.0 Å². The maximum Gasteiger partial charge on any atom is 0.228 e. The molecule has 0 bridgehead atoms. The van der Waals surface area contributed by atoms with Gasteiger partial charge in [0.15, 0.2) is 0 Å². The van der Waals surface area contributed by atoms with Crippen molar-refractivity contribution in [1.29, 1.82) is 0 Å². The van der Waals surface area contributed by atoms with Gasteiger partial charge in [0.05, 0.1) is 0 Å². The first-order valence-corrected chi connectivity index (χ1v) is 9.57. The van der Waals surface area contributed by atoms with Crippen LogP contribution in [0.5, 0.6) is 0 Å². The van der Waals surface area contributed by atoms with Gasteiger partial charge in [-0.3, -0.25) is 14.5 Å². The predicted octanol–water partition coefficient (Wildman–Crippen LogP) is 2.30. The van der Waals surface area contributed by atoms with E-state index in [4.69, 9.17) is 0 Å². The molecular formula is C20H29N3O2. The monoisotopic (exact) mass is 343 g/mol. The number of benzene rings is 1. The Morgan fingerprint density at radius 2 is 1.72 bits per heavy atom. The van der Waals surface area contributed by atoms with Crippen molar-refractivity contribution in [3.05, 3.63) is 29.8 Å². The molecule has 136 valence electrons. The Labute approximate surface area is 150 Å². The number of hydrogen-bond acceptors (Lipinski definition) is 3. The highest BCUT2D eigenvalue weighted by Crippen LogP contribution is 2.27. The number of para-hydroxylation sites is 1. The number of piperazine rings is 1. The minimum atomic E-state index is 0.219. The first-order valence-electron chi connectivity index (χ1n) is 9.57. The zero-order valence-corrected chi connectivity index (χ0v) is 15.2. The Kier molecular flexibility index (Phi) is 6.08. The van der Waals surface area contributed by atoms with Crippen LogP contribution in [0.25, 0.3) is 0 Å². The maximum atomic E-state index is 12.7. The molecule has 2 aliphatic heterocycles. The first-order chi connectivity index (χ1) is 12.2. The van der Waals surface area contributed by atoms with Crippen LogP contribution >= 0.6 is 0 Å². The molecule has 1 aromatic carbocycles. The zero-order valence-electron chi connectivity index (χ0n) is 15.2. The standard InChI is InChI=1S/C20H29N3O2/c1-2-6-19(24)22-15-13-21(14-16-22)12-10-20(25)23-11-5-8-17-7-3-4-9-18(17)23/h3-4,7,9H,2,5-6,8,10-16H2,1H3. The van der Waals surface area contributed by atoms with E-state index in [1.54, 1.807) is 0 Å². The number of nitrogens with zero attached hydrogens (tertiary/aromatic N) is 3. The number of anilines is 1. The van der Waals surface area contributed by atoms with Gasteiger partial charge in [0, 0.05) is 57.8 Å². The molecule has 2 aliphatic rings. The number of aryl methyl sites for hydroxylation is 1. The van der Waals surface area contributed by atoms with E-state index in [0.29, 0.717) is 12.8 Å². The van der Waals surface area contributed by atoms with Crippen molar-refractivity contribution < 1.29 is 9.59 Å². The predicted molar refractivity (Wildman–Crippen MR) is 99.7 cm³/mol. The van der Waals surface area contributed by atoms with Gasteiger partial charge in [0.25, 0.3) is 0 Å². The number of rotatable bonds is 5. The molecule has 0 saturated carbocycles. The van der Waals surface area contributed by atoms with Gasteiger partial charge in [-0.1, -0.05) is 25.1 Å². The maximum absolute atomic E-state index is 12.7. The van der Waals surface area contributed by atoms with Crippen molar-refractivity contribution in [2.75, 3.05) is 44.2 Å². The summed E-state index contributed by atoms with van der Waals surface area (Å²) in [5.41, 5.74) is 2.37. The summed E-state index contributed by atoms with van der Waals surface area (Å²) in [5.74, 6) is 0.486. The van der Waals surface area contributed by atoms with Gasteiger partial charge in [-0.25, -0.2) is 0 Å². The molecule has 25 heavy (non-hydrogen) atoms. The van der Waals surface area contributed by atoms with Gasteiger partial charge in [-0.2, -0.15) is 0 Å². The quantitative estimate of drug-likeness (QED) is 0.824. The lowest BCUT2D eigenvalue weighted by molar-refractivity contribution is -0.133. The van der Waals surface area contributed by atoms with E-state index in [1.807, 2.05) is 28.9 Å². The van der Waals surface area contributed by atoms with Gasteiger partial charge in [0.1, 0.15) is 0 Å². The normalized spacial score (nSPS) is 18.1. The van der Waals surface area contributed by atoms with Crippen LogP contribution in [0.2, 0.25) is 0 Å². The van der Waals surface area contributed by atoms with Crippen LogP contribution in [0.4, 0.5) is 5.69 Å². The lowest BCUT2D eigenvalue weighted by atomic mass is 10.0. The van der Waals surface area contributed by atoms with Crippen molar-refractivity contribution in [2.24, 2.45) is 0 Å². The summed E-state index contributed by atoms with van der Waals surface area (Å²) in [4.78, 5) is 30.9. The average Bonchev–Trinajstić information content (AvgIpc) is 2.66. The summed E-state index contributed by atoms with van der Waals surface area (Å²) in [7, 11) is 0. The van der Waals surface area contributed by atoms with Crippen LogP contribution in [0.3, 0.4) is 0 Å². The molecule has 1 saturated heterocycles. The van der Waals surface area contributed by atoms with E-state index < -0.39 is 0 Å². The number of amides is 2. The van der Waals surface area contributed by atoms with Crippen LogP contribution in [0.1, 0.15) is 38.2 Å². The fourth-order valence-corrected chi connectivity index (χ4v) is 3.77. The SMILES string of the molecule is CCCC(=O)N1CCN(CCC(=O)N2CCCc3ccccc32)CC1. The fraction of sp³-hybridized carbons (Fsp3) is 0.600. The van der Waals surface area contributed by atoms with Crippen LogP contribution in [0, 0.1) is 0 Å². The third-order valence-electron chi connectivity index (χ3n) is 5.24. The van der Waals surface area contributed by atoms with Gasteiger partial charge in [-0.15, -0.1) is 0 Å². The molecule has 0 aromatic heterocycles. The molecule has 0 spiro atoms. The second-order valence-electron chi connectivity index (χ2n) is 7.00. The lowest BCUT2D eigenvalue weighted by Crippen LogP contribution is -2.49. The summed E-state index contributed by atoms with van der Waals surface area (Å²) in [6, 6.07) is 8.24. The molecule has 0 N–H and O–H groups in total. The number of carbonyl (C=O) groups is 2. The molecule has 0 unspecified atom stereocenters. The molecule has 0 radical (unpaired) electrons. The molecule has 1 fully saturated rings. The largest absolute Gasteiger partial charge is 0.340 e. The number of carbonyl (C=O) groups excluding carboxylic acids is 2.